The minimum Gasteiger partial charge on any atom is -0.147 e. The second-order valence-corrected chi connectivity index (χ2v) is 5.92. The molecular formula is C9H21Cl2Sn. The van der Waals surface area contributed by atoms with Crippen LogP contribution in [-0.4, -0.2) is 22.5 Å². The van der Waals surface area contributed by atoms with Gasteiger partial charge in [0.1, 0.15) is 0 Å². The molecule has 0 aliphatic rings. The van der Waals surface area contributed by atoms with Gasteiger partial charge in [-0.2, -0.15) is 0 Å². The zero-order chi connectivity index (χ0) is 7.82. The van der Waals surface area contributed by atoms with Crippen LogP contribution in [0.2, 0.25) is 3.93 Å². The van der Waals surface area contributed by atoms with Gasteiger partial charge in [-0.15, -0.1) is 24.8 Å². The number of unbranched alkanes of at least 4 members (excludes halogenated alkanes) is 4. The van der Waals surface area contributed by atoms with E-state index in [0.29, 0.717) is 0 Å². The first-order chi connectivity index (χ1) is 4.77. The van der Waals surface area contributed by atoms with Gasteiger partial charge in [-0.1, -0.05) is 0 Å². The molecule has 3 heteroatoms. The molecule has 0 saturated carbocycles. The molecule has 1 unspecified atom stereocenters. The van der Waals surface area contributed by atoms with E-state index in [0.717, 1.165) is 3.93 Å². The molecule has 12 heavy (non-hydrogen) atoms. The molecule has 0 N–H and O–H groups in total. The van der Waals surface area contributed by atoms with E-state index in [2.05, 4.69) is 13.8 Å². The molecule has 0 aromatic heterocycles. The van der Waals surface area contributed by atoms with Crippen LogP contribution in [0.4, 0.5) is 0 Å². The summed E-state index contributed by atoms with van der Waals surface area (Å²) in [6.07, 6.45) is 8.65. The Morgan fingerprint density at radius 1 is 1.00 bits per heavy atom. The van der Waals surface area contributed by atoms with Crippen LogP contribution in [-0.2, 0) is 0 Å². The van der Waals surface area contributed by atoms with Crippen LogP contribution in [0.15, 0.2) is 0 Å². The Morgan fingerprint density at radius 3 is 1.92 bits per heavy atom. The molecule has 0 bridgehead atoms. The number of halogens is 2. The Hall–Kier alpha value is 1.38. The summed E-state index contributed by atoms with van der Waals surface area (Å²) in [5.41, 5.74) is 0. The number of hydrogen-bond donors (Lipinski definition) is 0. The van der Waals surface area contributed by atoms with Crippen LogP contribution in [0.1, 0.15) is 52.4 Å². The fraction of sp³-hybridized carbons (Fsp3) is 1.00. The maximum absolute atomic E-state index is 2.35. The first-order valence-corrected chi connectivity index (χ1v) is 6.13. The third-order valence-electron chi connectivity index (χ3n) is 1.74. The van der Waals surface area contributed by atoms with Crippen molar-refractivity contribution in [3.8, 4) is 0 Å². The Morgan fingerprint density at radius 2 is 1.50 bits per heavy atom. The minimum absolute atomic E-state index is 0. The van der Waals surface area contributed by atoms with Gasteiger partial charge in [0, 0.05) is 0 Å². The molecule has 0 nitrogen and oxygen atoms in total. The fourth-order valence-electron chi connectivity index (χ4n) is 1.05. The van der Waals surface area contributed by atoms with E-state index in [9.17, 15) is 0 Å². The molecule has 0 aromatic rings. The van der Waals surface area contributed by atoms with Gasteiger partial charge >= 0.3 is 78.8 Å². The number of rotatable bonds is 6. The normalized spacial score (nSPS) is 11.2. The first-order valence-electron chi connectivity index (χ1n) is 4.48. The van der Waals surface area contributed by atoms with Crippen LogP contribution in [0.25, 0.3) is 0 Å². The Balaban J connectivity index is -0.000000405. The molecule has 0 saturated heterocycles. The molecule has 1 atom stereocenters. The van der Waals surface area contributed by atoms with Crippen molar-refractivity contribution in [3.05, 3.63) is 0 Å². The Labute approximate surface area is 103 Å². The van der Waals surface area contributed by atoms with Crippen molar-refractivity contribution in [1.29, 1.82) is 0 Å². The van der Waals surface area contributed by atoms with Gasteiger partial charge in [0.05, 0.1) is 0 Å². The average Bonchev–Trinajstić information content (AvgIpc) is 1.87. The van der Waals surface area contributed by atoms with Gasteiger partial charge in [-0.3, -0.25) is 0 Å². The maximum atomic E-state index is 2.35. The van der Waals surface area contributed by atoms with E-state index in [1.165, 1.54) is 38.5 Å². The van der Waals surface area contributed by atoms with Crippen molar-refractivity contribution < 1.29 is 0 Å². The summed E-state index contributed by atoms with van der Waals surface area (Å²) in [6, 6.07) is 0. The second-order valence-electron chi connectivity index (χ2n) is 3.10. The Kier molecular flexibility index (Phi) is 23.6. The summed E-state index contributed by atoms with van der Waals surface area (Å²) in [5.74, 6) is 0. The van der Waals surface area contributed by atoms with Crippen LogP contribution < -0.4 is 0 Å². The summed E-state index contributed by atoms with van der Waals surface area (Å²) >= 11 is 1.71. The summed E-state index contributed by atoms with van der Waals surface area (Å²) in [6.45, 7) is 4.62. The van der Waals surface area contributed by atoms with Crippen LogP contribution in [0, 0.1) is 0 Å². The quantitative estimate of drug-likeness (QED) is 0.509. The maximum Gasteiger partial charge on any atom is -0.147 e. The third-order valence-corrected chi connectivity index (χ3v) is 2.56. The van der Waals surface area contributed by atoms with Gasteiger partial charge in [0.2, 0.25) is 0 Å². The van der Waals surface area contributed by atoms with E-state index in [-0.39, 0.29) is 24.8 Å². The molecule has 0 spiro atoms. The zero-order valence-electron chi connectivity index (χ0n) is 8.14. The van der Waals surface area contributed by atoms with E-state index in [4.69, 9.17) is 0 Å². The van der Waals surface area contributed by atoms with Crippen molar-refractivity contribution >= 4 is 47.3 Å². The van der Waals surface area contributed by atoms with Crippen LogP contribution in [0.5, 0.6) is 0 Å². The first kappa shape index (κ1) is 19.0. The van der Waals surface area contributed by atoms with Gasteiger partial charge in [0.25, 0.3) is 0 Å². The van der Waals surface area contributed by atoms with Crippen molar-refractivity contribution in [1.82, 2.24) is 0 Å². The second kappa shape index (κ2) is 14.9. The molecule has 0 heterocycles. The van der Waals surface area contributed by atoms with E-state index in [1.54, 1.807) is 22.5 Å². The molecular weight excluding hydrogens is 298 g/mol. The summed E-state index contributed by atoms with van der Waals surface area (Å²) < 4.78 is 0.994. The summed E-state index contributed by atoms with van der Waals surface area (Å²) in [4.78, 5) is 0. The summed E-state index contributed by atoms with van der Waals surface area (Å²) in [5, 5.41) is 0. The standard InChI is InChI=1S/C9H19.2ClH.Sn/c1-3-5-7-9-8-6-4-2;;;/h3H,4-9H2,1-2H3;2*1H;. The molecule has 0 amide bonds. The van der Waals surface area contributed by atoms with Crippen molar-refractivity contribution in [2.75, 3.05) is 0 Å². The largest absolute Gasteiger partial charge is 0.147 e. The molecule has 3 radical (unpaired) electrons. The van der Waals surface area contributed by atoms with Crippen molar-refractivity contribution in [2.45, 2.75) is 56.3 Å². The monoisotopic (exact) mass is 319 g/mol. The fourth-order valence-corrected chi connectivity index (χ4v) is 1.64. The molecule has 0 fully saturated rings. The number of hydrogen-bond acceptors (Lipinski definition) is 0. The molecule has 0 aromatic carbocycles. The van der Waals surface area contributed by atoms with Crippen LogP contribution in [0.3, 0.4) is 0 Å². The topological polar surface area (TPSA) is 0 Å². The van der Waals surface area contributed by atoms with E-state index >= 15 is 0 Å². The molecule has 0 aliphatic heterocycles. The summed E-state index contributed by atoms with van der Waals surface area (Å²) in [7, 11) is 0. The Bertz CT molecular complexity index is 67.5. The van der Waals surface area contributed by atoms with E-state index < -0.39 is 0 Å². The predicted molar refractivity (Wildman–Crippen MR) is 63.1 cm³/mol. The average molecular weight is 319 g/mol. The smallest absolute Gasteiger partial charge is 0.147 e. The molecule has 75 valence electrons. The predicted octanol–water partition coefficient (Wildman–Crippen LogP) is 4.17. The van der Waals surface area contributed by atoms with Crippen LogP contribution >= 0.6 is 24.8 Å². The minimum atomic E-state index is 0. The van der Waals surface area contributed by atoms with Crippen molar-refractivity contribution in [2.24, 2.45) is 0 Å². The van der Waals surface area contributed by atoms with Gasteiger partial charge in [-0.05, 0) is 0 Å². The van der Waals surface area contributed by atoms with Gasteiger partial charge in [-0.25, -0.2) is 0 Å². The van der Waals surface area contributed by atoms with Gasteiger partial charge < -0.3 is 0 Å². The SMILES string of the molecule is CCCCCCC[CH](C)[Sn].Cl.Cl. The molecule has 0 aliphatic carbocycles. The van der Waals surface area contributed by atoms with Crippen molar-refractivity contribution in [3.63, 3.8) is 0 Å². The molecule has 0 rings (SSSR count). The van der Waals surface area contributed by atoms with E-state index in [1.807, 2.05) is 0 Å². The van der Waals surface area contributed by atoms with Gasteiger partial charge in [0.15, 0.2) is 0 Å². The zero-order valence-corrected chi connectivity index (χ0v) is 12.6. The third kappa shape index (κ3) is 17.5.